The maximum absolute atomic E-state index is 2.40. The zero-order valence-corrected chi connectivity index (χ0v) is 22.3. The minimum Gasteiger partial charge on any atom is -0.317 e. The Bertz CT molecular complexity index is 2350. The van der Waals surface area contributed by atoms with E-state index in [1.807, 2.05) is 0 Å². The minimum atomic E-state index is 1.16. The number of hydrogen-bond acceptors (Lipinski definition) is 0. The van der Waals surface area contributed by atoms with Crippen LogP contribution >= 0.6 is 0 Å². The Labute approximate surface area is 236 Å². The Kier molecular flexibility index (Phi) is 4.61. The molecule has 192 valence electrons. The first-order valence-corrected chi connectivity index (χ1v) is 14.0. The summed E-state index contributed by atoms with van der Waals surface area (Å²) in [6, 6.07) is 52.5. The highest BCUT2D eigenvalue weighted by atomic mass is 15.0. The third-order valence-electron chi connectivity index (χ3n) is 8.49. The summed E-state index contributed by atoms with van der Waals surface area (Å²) in [6.07, 6.45) is 2.19. The van der Waals surface area contributed by atoms with E-state index in [4.69, 9.17) is 0 Å². The Morgan fingerprint density at radius 3 is 1.39 bits per heavy atom. The molecule has 3 aromatic heterocycles. The molecule has 9 rings (SSSR count). The quantitative estimate of drug-likeness (QED) is 0.219. The first-order chi connectivity index (χ1) is 20.4. The number of para-hydroxylation sites is 4. The third-order valence-corrected chi connectivity index (χ3v) is 8.49. The van der Waals surface area contributed by atoms with Crippen molar-refractivity contribution in [2.45, 2.75) is 0 Å². The smallest absolute Gasteiger partial charge is 0.0548 e. The Balaban J connectivity index is 1.26. The number of hydrogen-bond donors (Lipinski definition) is 0. The maximum Gasteiger partial charge on any atom is 0.0548 e. The Morgan fingerprint density at radius 1 is 0.293 bits per heavy atom. The number of rotatable bonds is 3. The Morgan fingerprint density at radius 2 is 0.756 bits per heavy atom. The van der Waals surface area contributed by atoms with E-state index in [1.165, 1.54) is 60.2 Å². The predicted octanol–water partition coefficient (Wildman–Crippen LogP) is 9.82. The molecule has 41 heavy (non-hydrogen) atoms. The molecule has 9 aromatic rings. The molecule has 3 nitrogen and oxygen atoms in total. The summed E-state index contributed by atoms with van der Waals surface area (Å²) >= 11 is 0. The summed E-state index contributed by atoms with van der Waals surface area (Å²) in [6.45, 7) is 0. The molecule has 0 fully saturated rings. The van der Waals surface area contributed by atoms with Gasteiger partial charge >= 0.3 is 0 Å². The van der Waals surface area contributed by atoms with Crippen LogP contribution in [-0.4, -0.2) is 13.7 Å². The van der Waals surface area contributed by atoms with Crippen LogP contribution in [0, 0.1) is 0 Å². The molecule has 0 aliphatic carbocycles. The highest BCUT2D eigenvalue weighted by molar-refractivity contribution is 6.21. The lowest BCUT2D eigenvalue weighted by atomic mass is 10.1. The van der Waals surface area contributed by atoms with Crippen molar-refractivity contribution in [2.75, 3.05) is 0 Å². The zero-order chi connectivity index (χ0) is 26.9. The number of benzene rings is 6. The van der Waals surface area contributed by atoms with Crippen molar-refractivity contribution in [1.29, 1.82) is 0 Å². The summed E-state index contributed by atoms with van der Waals surface area (Å²) in [5, 5.41) is 6.38. The van der Waals surface area contributed by atoms with E-state index in [1.54, 1.807) is 0 Å². The van der Waals surface area contributed by atoms with Crippen LogP contribution in [0.25, 0.3) is 71.6 Å². The van der Waals surface area contributed by atoms with Crippen molar-refractivity contribution in [1.82, 2.24) is 13.7 Å². The van der Waals surface area contributed by atoms with Crippen LogP contribution in [0.1, 0.15) is 0 Å². The fourth-order valence-electron chi connectivity index (χ4n) is 6.73. The van der Waals surface area contributed by atoms with Gasteiger partial charge in [0.2, 0.25) is 0 Å². The van der Waals surface area contributed by atoms with Crippen molar-refractivity contribution in [3.8, 4) is 17.1 Å². The molecule has 0 radical (unpaired) electrons. The number of nitrogens with zero attached hydrogens (tertiary/aromatic N) is 3. The topological polar surface area (TPSA) is 14.8 Å². The van der Waals surface area contributed by atoms with E-state index in [9.17, 15) is 0 Å². The molecule has 0 aliphatic heterocycles. The fourth-order valence-corrected chi connectivity index (χ4v) is 6.73. The molecule has 0 aliphatic rings. The van der Waals surface area contributed by atoms with E-state index >= 15 is 0 Å². The monoisotopic (exact) mass is 523 g/mol. The molecular weight excluding hydrogens is 498 g/mol. The second-order valence-corrected chi connectivity index (χ2v) is 10.7. The van der Waals surface area contributed by atoms with E-state index in [0.29, 0.717) is 0 Å². The largest absolute Gasteiger partial charge is 0.317 e. The van der Waals surface area contributed by atoms with Gasteiger partial charge in [-0.2, -0.15) is 0 Å². The molecular formula is C38H25N3. The van der Waals surface area contributed by atoms with Gasteiger partial charge in [0.25, 0.3) is 0 Å². The van der Waals surface area contributed by atoms with Gasteiger partial charge in [-0.1, -0.05) is 72.8 Å². The Hall–Kier alpha value is -5.54. The van der Waals surface area contributed by atoms with Crippen molar-refractivity contribution < 1.29 is 0 Å². The molecule has 0 amide bonds. The normalized spacial score (nSPS) is 11.9. The van der Waals surface area contributed by atoms with Crippen LogP contribution in [0.2, 0.25) is 0 Å². The molecule has 0 spiro atoms. The van der Waals surface area contributed by atoms with Gasteiger partial charge in [-0.25, -0.2) is 0 Å². The van der Waals surface area contributed by atoms with Crippen LogP contribution < -0.4 is 0 Å². The molecule has 6 aromatic carbocycles. The van der Waals surface area contributed by atoms with Crippen LogP contribution in [-0.2, 0) is 0 Å². The standard InChI is InChI=1S/C38H25N3/c1-2-10-26(11-3-1)39-25-24-32-33(39)22-23-37-38(32)31-14-6-9-17-36(31)41(37)28-20-18-27(19-21-28)40-34-15-7-4-12-29(34)30-13-5-8-16-35(30)40/h1-25H. The van der Waals surface area contributed by atoms with Crippen LogP contribution in [0.5, 0.6) is 0 Å². The van der Waals surface area contributed by atoms with Gasteiger partial charge < -0.3 is 13.7 Å². The van der Waals surface area contributed by atoms with Crippen LogP contribution in [0.15, 0.2) is 152 Å². The molecule has 0 bridgehead atoms. The minimum absolute atomic E-state index is 1.16. The lowest BCUT2D eigenvalue weighted by molar-refractivity contribution is 1.13. The summed E-state index contributed by atoms with van der Waals surface area (Å²) < 4.78 is 7.05. The first kappa shape index (κ1) is 22.3. The lowest BCUT2D eigenvalue weighted by Gasteiger charge is -2.12. The van der Waals surface area contributed by atoms with Gasteiger partial charge in [-0.05, 0) is 72.8 Å². The summed E-state index contributed by atoms with van der Waals surface area (Å²) in [4.78, 5) is 0. The van der Waals surface area contributed by atoms with Crippen molar-refractivity contribution in [3.63, 3.8) is 0 Å². The lowest BCUT2D eigenvalue weighted by Crippen LogP contribution is -1.97. The second-order valence-electron chi connectivity index (χ2n) is 10.7. The summed E-state index contributed by atoms with van der Waals surface area (Å²) in [5.74, 6) is 0. The van der Waals surface area contributed by atoms with Gasteiger partial charge in [0.05, 0.1) is 27.6 Å². The SMILES string of the molecule is c1ccc(-n2ccc3c4c5ccccc5n(-c5ccc(-n6c7ccccc7c7ccccc76)cc5)c4ccc32)cc1. The van der Waals surface area contributed by atoms with Crippen molar-refractivity contribution in [3.05, 3.63) is 152 Å². The average molecular weight is 524 g/mol. The predicted molar refractivity (Wildman–Crippen MR) is 172 cm³/mol. The van der Waals surface area contributed by atoms with Gasteiger partial charge in [0, 0.05) is 50.2 Å². The van der Waals surface area contributed by atoms with E-state index < -0.39 is 0 Å². The molecule has 3 heteroatoms. The van der Waals surface area contributed by atoms with Crippen molar-refractivity contribution in [2.24, 2.45) is 0 Å². The van der Waals surface area contributed by atoms with Crippen LogP contribution in [0.3, 0.4) is 0 Å². The van der Waals surface area contributed by atoms with Crippen LogP contribution in [0.4, 0.5) is 0 Å². The molecule has 3 heterocycles. The van der Waals surface area contributed by atoms with Gasteiger partial charge in [-0.15, -0.1) is 0 Å². The van der Waals surface area contributed by atoms with E-state index in [2.05, 4.69) is 165 Å². The molecule has 0 N–H and O–H groups in total. The molecule has 0 unspecified atom stereocenters. The molecule has 0 saturated heterocycles. The zero-order valence-electron chi connectivity index (χ0n) is 22.3. The summed E-state index contributed by atoms with van der Waals surface area (Å²) in [5.41, 5.74) is 9.59. The first-order valence-electron chi connectivity index (χ1n) is 14.0. The highest BCUT2D eigenvalue weighted by Gasteiger charge is 2.17. The maximum atomic E-state index is 2.40. The molecule has 0 saturated carbocycles. The second kappa shape index (κ2) is 8.48. The van der Waals surface area contributed by atoms with Gasteiger partial charge in [-0.3, -0.25) is 0 Å². The van der Waals surface area contributed by atoms with E-state index in [0.717, 1.165) is 11.4 Å². The summed E-state index contributed by atoms with van der Waals surface area (Å²) in [7, 11) is 0. The number of fused-ring (bicyclic) bond motifs is 8. The van der Waals surface area contributed by atoms with Crippen molar-refractivity contribution >= 4 is 54.5 Å². The third kappa shape index (κ3) is 3.14. The molecule has 0 atom stereocenters. The average Bonchev–Trinajstić information content (AvgIpc) is 3.72. The fraction of sp³-hybridized carbons (Fsp3) is 0. The van der Waals surface area contributed by atoms with Gasteiger partial charge in [0.1, 0.15) is 0 Å². The van der Waals surface area contributed by atoms with Gasteiger partial charge in [0.15, 0.2) is 0 Å². The highest BCUT2D eigenvalue weighted by Crippen LogP contribution is 2.38. The van der Waals surface area contributed by atoms with E-state index in [-0.39, 0.29) is 0 Å². The number of aromatic nitrogens is 3.